The van der Waals surface area contributed by atoms with Gasteiger partial charge in [-0.1, -0.05) is 24.3 Å². The quantitative estimate of drug-likeness (QED) is 0.377. The number of anilines is 5. The molecule has 1 aliphatic heterocycles. The van der Waals surface area contributed by atoms with E-state index in [-0.39, 0.29) is 0 Å². The van der Waals surface area contributed by atoms with Crippen LogP contribution in [-0.4, -0.2) is 61.6 Å². The van der Waals surface area contributed by atoms with Gasteiger partial charge < -0.3 is 19.9 Å². The van der Waals surface area contributed by atoms with E-state index >= 15 is 0 Å². The van der Waals surface area contributed by atoms with E-state index < -0.39 is 0 Å². The van der Waals surface area contributed by atoms with E-state index in [9.17, 15) is 0 Å². The summed E-state index contributed by atoms with van der Waals surface area (Å²) in [5.74, 6) is 1.39. The van der Waals surface area contributed by atoms with Gasteiger partial charge in [-0.05, 0) is 45.8 Å². The van der Waals surface area contributed by atoms with Gasteiger partial charge in [0.2, 0.25) is 17.8 Å². The number of halogens is 1. The lowest BCUT2D eigenvalue weighted by atomic mass is 10.2. The second-order valence-corrected chi connectivity index (χ2v) is 8.20. The Morgan fingerprint density at radius 2 is 1.78 bits per heavy atom. The fourth-order valence-corrected chi connectivity index (χ4v) is 3.91. The molecule has 3 aromatic rings. The third-order valence-corrected chi connectivity index (χ3v) is 5.41. The van der Waals surface area contributed by atoms with Crippen LogP contribution in [0.3, 0.4) is 0 Å². The maximum absolute atomic E-state index is 5.45. The summed E-state index contributed by atoms with van der Waals surface area (Å²) in [6.07, 6.45) is 1.73. The summed E-state index contributed by atoms with van der Waals surface area (Å²) < 4.78 is 6.45. The number of aromatic nitrogens is 3. The Morgan fingerprint density at radius 1 is 1.03 bits per heavy atom. The Hall–Kier alpha value is -3.24. The van der Waals surface area contributed by atoms with Crippen LogP contribution >= 0.6 is 15.9 Å². The van der Waals surface area contributed by atoms with Crippen LogP contribution in [0.25, 0.3) is 0 Å². The van der Waals surface area contributed by atoms with Crippen molar-refractivity contribution in [3.8, 4) is 0 Å². The first-order chi connectivity index (χ1) is 15.6. The van der Waals surface area contributed by atoms with Gasteiger partial charge in [-0.2, -0.15) is 20.1 Å². The first kappa shape index (κ1) is 22.0. The van der Waals surface area contributed by atoms with E-state index in [0.29, 0.717) is 31.1 Å². The monoisotopic (exact) mass is 496 g/mol. The minimum Gasteiger partial charge on any atom is -0.378 e. The number of nitrogens with one attached hydrogen (secondary N) is 2. The lowest BCUT2D eigenvalue weighted by Gasteiger charge is -2.27. The molecule has 2 N–H and O–H groups in total. The van der Waals surface area contributed by atoms with Crippen LogP contribution in [0.2, 0.25) is 0 Å². The van der Waals surface area contributed by atoms with Crippen LogP contribution in [0, 0.1) is 0 Å². The van der Waals surface area contributed by atoms with Gasteiger partial charge >= 0.3 is 0 Å². The number of nitrogens with zero attached hydrogens (tertiary/aromatic N) is 6. The van der Waals surface area contributed by atoms with E-state index in [1.165, 1.54) is 0 Å². The number of para-hydroxylation sites is 1. The van der Waals surface area contributed by atoms with Gasteiger partial charge in [0.1, 0.15) is 0 Å². The molecule has 1 aliphatic rings. The third kappa shape index (κ3) is 5.71. The Labute approximate surface area is 195 Å². The van der Waals surface area contributed by atoms with Gasteiger partial charge in [0, 0.05) is 37.3 Å². The number of benzene rings is 2. The van der Waals surface area contributed by atoms with Gasteiger partial charge in [-0.25, -0.2) is 5.43 Å². The molecule has 10 heteroatoms. The topological polar surface area (TPSA) is 90.8 Å². The maximum Gasteiger partial charge on any atom is 0.250 e. The number of ether oxygens (including phenoxy) is 1. The highest BCUT2D eigenvalue weighted by atomic mass is 79.9. The Morgan fingerprint density at radius 3 is 2.50 bits per heavy atom. The molecule has 0 bridgehead atoms. The summed E-state index contributed by atoms with van der Waals surface area (Å²) in [6, 6.07) is 15.8. The van der Waals surface area contributed by atoms with Crippen molar-refractivity contribution in [3.63, 3.8) is 0 Å². The Kier molecular flexibility index (Phi) is 7.13. The summed E-state index contributed by atoms with van der Waals surface area (Å²) in [5.41, 5.74) is 5.88. The molecule has 0 spiro atoms. The molecular formula is C22H25BrN8O. The SMILES string of the molecule is CN(C)c1ccc(/C=N\Nc2nc(Nc3ccccc3)nc(N3CCOCC3)n2)cc1Br. The van der Waals surface area contributed by atoms with Crippen LogP contribution < -0.4 is 20.5 Å². The number of hydrogen-bond donors (Lipinski definition) is 2. The molecule has 32 heavy (non-hydrogen) atoms. The largest absolute Gasteiger partial charge is 0.378 e. The lowest BCUT2D eigenvalue weighted by Crippen LogP contribution is -2.37. The van der Waals surface area contributed by atoms with Crippen molar-refractivity contribution < 1.29 is 4.74 Å². The highest BCUT2D eigenvalue weighted by molar-refractivity contribution is 9.10. The predicted molar refractivity (Wildman–Crippen MR) is 132 cm³/mol. The molecule has 166 valence electrons. The van der Waals surface area contributed by atoms with Crippen LogP contribution in [0.1, 0.15) is 5.56 Å². The van der Waals surface area contributed by atoms with Crippen molar-refractivity contribution in [2.24, 2.45) is 5.10 Å². The van der Waals surface area contributed by atoms with Crippen LogP contribution in [0.5, 0.6) is 0 Å². The van der Waals surface area contributed by atoms with Crippen LogP contribution in [0.4, 0.5) is 29.2 Å². The number of rotatable bonds is 7. The molecule has 4 rings (SSSR count). The zero-order valence-corrected chi connectivity index (χ0v) is 19.6. The molecule has 1 aromatic heterocycles. The van der Waals surface area contributed by atoms with E-state index in [4.69, 9.17) is 4.74 Å². The molecule has 0 aliphatic carbocycles. The van der Waals surface area contributed by atoms with E-state index in [1.54, 1.807) is 6.21 Å². The van der Waals surface area contributed by atoms with E-state index in [1.807, 2.05) is 67.5 Å². The van der Waals surface area contributed by atoms with Crippen molar-refractivity contribution in [3.05, 3.63) is 58.6 Å². The van der Waals surface area contributed by atoms with Gasteiger partial charge in [0.25, 0.3) is 0 Å². The van der Waals surface area contributed by atoms with Crippen molar-refractivity contribution >= 4 is 51.4 Å². The summed E-state index contributed by atoms with van der Waals surface area (Å²) in [5, 5.41) is 7.56. The van der Waals surface area contributed by atoms with Crippen LogP contribution in [0.15, 0.2) is 58.1 Å². The predicted octanol–water partition coefficient (Wildman–Crippen LogP) is 3.73. The summed E-state index contributed by atoms with van der Waals surface area (Å²) in [4.78, 5) is 17.7. The van der Waals surface area contributed by atoms with E-state index in [0.717, 1.165) is 34.5 Å². The first-order valence-corrected chi connectivity index (χ1v) is 11.0. The zero-order valence-electron chi connectivity index (χ0n) is 18.0. The maximum atomic E-state index is 5.45. The van der Waals surface area contributed by atoms with Crippen molar-refractivity contribution in [2.75, 3.05) is 60.9 Å². The molecule has 0 radical (unpaired) electrons. The molecular weight excluding hydrogens is 472 g/mol. The van der Waals surface area contributed by atoms with Crippen molar-refractivity contribution in [1.29, 1.82) is 0 Å². The molecule has 1 fully saturated rings. The average molecular weight is 497 g/mol. The van der Waals surface area contributed by atoms with Gasteiger partial charge in [-0.3, -0.25) is 0 Å². The summed E-state index contributed by atoms with van der Waals surface area (Å²) in [6.45, 7) is 2.74. The molecule has 1 saturated heterocycles. The normalized spacial score (nSPS) is 13.9. The highest BCUT2D eigenvalue weighted by Crippen LogP contribution is 2.25. The molecule has 0 unspecified atom stereocenters. The molecule has 0 amide bonds. The Balaban J connectivity index is 1.54. The highest BCUT2D eigenvalue weighted by Gasteiger charge is 2.16. The Bertz CT molecular complexity index is 1070. The molecule has 0 atom stereocenters. The lowest BCUT2D eigenvalue weighted by molar-refractivity contribution is 0.122. The second kappa shape index (κ2) is 10.4. The smallest absolute Gasteiger partial charge is 0.250 e. The van der Waals surface area contributed by atoms with Crippen molar-refractivity contribution in [2.45, 2.75) is 0 Å². The minimum atomic E-state index is 0.361. The average Bonchev–Trinajstić information content (AvgIpc) is 2.80. The van der Waals surface area contributed by atoms with Crippen LogP contribution in [-0.2, 0) is 4.74 Å². The molecule has 2 aromatic carbocycles. The fraction of sp³-hybridized carbons (Fsp3) is 0.273. The number of hydrogen-bond acceptors (Lipinski definition) is 9. The van der Waals surface area contributed by atoms with Crippen molar-refractivity contribution in [1.82, 2.24) is 15.0 Å². The molecule has 0 saturated carbocycles. The van der Waals surface area contributed by atoms with Gasteiger partial charge in [0.05, 0.1) is 25.1 Å². The third-order valence-electron chi connectivity index (χ3n) is 4.78. The number of hydrazone groups is 1. The first-order valence-electron chi connectivity index (χ1n) is 10.3. The summed E-state index contributed by atoms with van der Waals surface area (Å²) >= 11 is 3.60. The van der Waals surface area contributed by atoms with Gasteiger partial charge in [0.15, 0.2) is 0 Å². The standard InChI is InChI=1S/C22H25BrN8O/c1-30(2)19-9-8-16(14-18(19)23)15-24-29-21-26-20(25-17-6-4-3-5-7-17)27-22(28-21)31-10-12-32-13-11-31/h3-9,14-15H,10-13H2,1-2H3,(H2,25,26,27,28,29)/b24-15-. The zero-order chi connectivity index (χ0) is 22.3. The summed E-state index contributed by atoms with van der Waals surface area (Å²) in [7, 11) is 4.01. The molecule has 9 nitrogen and oxygen atoms in total. The molecule has 2 heterocycles. The van der Waals surface area contributed by atoms with E-state index in [2.05, 4.69) is 51.6 Å². The number of morpholine rings is 1. The van der Waals surface area contributed by atoms with Gasteiger partial charge in [-0.15, -0.1) is 0 Å². The second-order valence-electron chi connectivity index (χ2n) is 7.35. The fourth-order valence-electron chi connectivity index (χ4n) is 3.16. The minimum absolute atomic E-state index is 0.361.